The van der Waals surface area contributed by atoms with Crippen molar-refractivity contribution in [2.24, 2.45) is 22.7 Å². The van der Waals surface area contributed by atoms with Crippen molar-refractivity contribution >= 4 is 5.84 Å². The highest BCUT2D eigenvalue weighted by molar-refractivity contribution is 5.86. The molecule has 2 fully saturated rings. The Morgan fingerprint density at radius 2 is 1.59 bits per heavy atom. The topological polar surface area (TPSA) is 15.6 Å². The van der Waals surface area contributed by atoms with Gasteiger partial charge in [-0.25, -0.2) is 0 Å². The molecule has 0 N–H and O–H groups in total. The number of likely N-dealkylation sites (tertiary alicyclic amines) is 1. The lowest BCUT2D eigenvalue weighted by Gasteiger charge is -2.44. The molecular weight excluding hydrogens is 268 g/mol. The number of nitrogens with zero attached hydrogens (tertiary/aromatic N) is 2. The summed E-state index contributed by atoms with van der Waals surface area (Å²) in [6.45, 7) is 12.8. The molecule has 1 aliphatic heterocycles. The van der Waals surface area contributed by atoms with Crippen molar-refractivity contribution in [1.29, 1.82) is 0 Å². The Morgan fingerprint density at radius 3 is 2.27 bits per heavy atom. The van der Waals surface area contributed by atoms with E-state index in [1.54, 1.807) is 0 Å². The molecule has 3 atom stereocenters. The Bertz CT molecular complexity index is 357. The van der Waals surface area contributed by atoms with E-state index in [-0.39, 0.29) is 0 Å². The number of hydrogen-bond acceptors (Lipinski definition) is 1. The first-order valence-corrected chi connectivity index (χ1v) is 9.83. The SMILES string of the molecule is CC1CCCCC2/C(=N/C(C)C)N(C(C)C)CCC2CCC1. The molecule has 1 saturated carbocycles. The number of piperidine rings is 1. The highest BCUT2D eigenvalue weighted by Gasteiger charge is 2.35. The maximum absolute atomic E-state index is 5.11. The molecule has 3 unspecified atom stereocenters. The van der Waals surface area contributed by atoms with E-state index in [9.17, 15) is 0 Å². The van der Waals surface area contributed by atoms with E-state index in [4.69, 9.17) is 4.99 Å². The Balaban J connectivity index is 2.17. The fourth-order valence-electron chi connectivity index (χ4n) is 4.44. The number of hydrogen-bond donors (Lipinski definition) is 0. The van der Waals surface area contributed by atoms with Crippen LogP contribution in [0.3, 0.4) is 0 Å². The first kappa shape index (κ1) is 17.8. The molecule has 2 nitrogen and oxygen atoms in total. The molecule has 22 heavy (non-hydrogen) atoms. The zero-order valence-electron chi connectivity index (χ0n) is 15.6. The standard InChI is InChI=1S/C20H38N2/c1-15(2)21-20-19-12-7-6-9-17(5)10-8-11-18(19)13-14-22(20)16(3)4/h15-19H,6-14H2,1-5H3/b21-20-. The zero-order valence-corrected chi connectivity index (χ0v) is 15.6. The Kier molecular flexibility index (Phi) is 6.77. The molecule has 1 aliphatic carbocycles. The van der Waals surface area contributed by atoms with E-state index in [2.05, 4.69) is 39.5 Å². The summed E-state index contributed by atoms with van der Waals surface area (Å²) in [6.07, 6.45) is 11.3. The van der Waals surface area contributed by atoms with Gasteiger partial charge in [-0.05, 0) is 58.8 Å². The summed E-state index contributed by atoms with van der Waals surface area (Å²) >= 11 is 0. The number of rotatable bonds is 2. The first-order valence-electron chi connectivity index (χ1n) is 9.83. The monoisotopic (exact) mass is 306 g/mol. The average Bonchev–Trinajstić information content (AvgIpc) is 2.44. The molecule has 1 saturated heterocycles. The second kappa shape index (κ2) is 8.36. The highest BCUT2D eigenvalue weighted by atomic mass is 15.2. The molecule has 0 bridgehead atoms. The zero-order chi connectivity index (χ0) is 16.1. The van der Waals surface area contributed by atoms with Crippen LogP contribution in [0.25, 0.3) is 0 Å². The molecule has 1 heterocycles. The maximum Gasteiger partial charge on any atom is 0.103 e. The van der Waals surface area contributed by atoms with Crippen LogP contribution >= 0.6 is 0 Å². The van der Waals surface area contributed by atoms with Gasteiger partial charge in [0, 0.05) is 24.5 Å². The lowest BCUT2D eigenvalue weighted by atomic mass is 9.76. The average molecular weight is 307 g/mol. The van der Waals surface area contributed by atoms with Gasteiger partial charge in [0.1, 0.15) is 5.84 Å². The minimum atomic E-state index is 0.422. The molecule has 2 aliphatic rings. The van der Waals surface area contributed by atoms with Crippen LogP contribution in [0.5, 0.6) is 0 Å². The summed E-state index contributed by atoms with van der Waals surface area (Å²) in [4.78, 5) is 7.71. The highest BCUT2D eigenvalue weighted by Crippen LogP contribution is 2.36. The molecule has 128 valence electrons. The number of fused-ring (bicyclic) bond motifs is 1. The summed E-state index contributed by atoms with van der Waals surface area (Å²) < 4.78 is 0. The van der Waals surface area contributed by atoms with Crippen molar-refractivity contribution < 1.29 is 0 Å². The van der Waals surface area contributed by atoms with Crippen molar-refractivity contribution in [3.63, 3.8) is 0 Å². The lowest BCUT2D eigenvalue weighted by molar-refractivity contribution is 0.196. The van der Waals surface area contributed by atoms with Crippen LogP contribution in [0.2, 0.25) is 0 Å². The molecule has 2 rings (SSSR count). The van der Waals surface area contributed by atoms with Gasteiger partial charge in [0.2, 0.25) is 0 Å². The maximum atomic E-state index is 5.11. The normalized spacial score (nSPS) is 33.3. The summed E-state index contributed by atoms with van der Waals surface area (Å²) in [5, 5.41) is 0. The smallest absolute Gasteiger partial charge is 0.103 e. The molecular formula is C20H38N2. The van der Waals surface area contributed by atoms with Crippen molar-refractivity contribution in [2.75, 3.05) is 6.54 Å². The van der Waals surface area contributed by atoms with Crippen LogP contribution in [0.15, 0.2) is 4.99 Å². The minimum Gasteiger partial charge on any atom is -0.358 e. The minimum absolute atomic E-state index is 0.422. The van der Waals surface area contributed by atoms with E-state index in [1.165, 1.54) is 63.7 Å². The molecule has 0 amide bonds. The molecule has 0 spiro atoms. The second-order valence-electron chi connectivity index (χ2n) is 8.34. The first-order chi connectivity index (χ1) is 10.5. The molecule has 0 aromatic carbocycles. The van der Waals surface area contributed by atoms with Gasteiger partial charge in [-0.1, -0.05) is 39.0 Å². The largest absolute Gasteiger partial charge is 0.358 e. The lowest BCUT2D eigenvalue weighted by Crippen LogP contribution is -2.49. The van der Waals surface area contributed by atoms with Crippen LogP contribution in [0, 0.1) is 17.8 Å². The van der Waals surface area contributed by atoms with Crippen LogP contribution in [0.4, 0.5) is 0 Å². The molecule has 0 aromatic heterocycles. The number of amidine groups is 1. The van der Waals surface area contributed by atoms with Gasteiger partial charge in [0.05, 0.1) is 0 Å². The predicted molar refractivity (Wildman–Crippen MR) is 97.5 cm³/mol. The van der Waals surface area contributed by atoms with Crippen molar-refractivity contribution in [1.82, 2.24) is 4.90 Å². The molecule has 0 radical (unpaired) electrons. The third-order valence-electron chi connectivity index (χ3n) is 5.68. The second-order valence-corrected chi connectivity index (χ2v) is 8.34. The van der Waals surface area contributed by atoms with Crippen LogP contribution in [-0.4, -0.2) is 29.4 Å². The van der Waals surface area contributed by atoms with Gasteiger partial charge < -0.3 is 4.90 Å². The molecule has 2 heteroatoms. The quantitative estimate of drug-likeness (QED) is 0.656. The van der Waals surface area contributed by atoms with E-state index >= 15 is 0 Å². The fourth-order valence-corrected chi connectivity index (χ4v) is 4.44. The van der Waals surface area contributed by atoms with Gasteiger partial charge >= 0.3 is 0 Å². The van der Waals surface area contributed by atoms with Crippen molar-refractivity contribution in [3.8, 4) is 0 Å². The van der Waals surface area contributed by atoms with E-state index in [1.807, 2.05) is 0 Å². The van der Waals surface area contributed by atoms with E-state index in [0.717, 1.165) is 17.8 Å². The summed E-state index contributed by atoms with van der Waals surface area (Å²) in [6, 6.07) is 1.01. The summed E-state index contributed by atoms with van der Waals surface area (Å²) in [7, 11) is 0. The third kappa shape index (κ3) is 4.73. The summed E-state index contributed by atoms with van der Waals surface area (Å²) in [5.41, 5.74) is 0. The third-order valence-corrected chi connectivity index (χ3v) is 5.68. The van der Waals surface area contributed by atoms with Crippen molar-refractivity contribution in [3.05, 3.63) is 0 Å². The number of aliphatic imine (C=N–C) groups is 1. The Hall–Kier alpha value is -0.530. The summed E-state index contributed by atoms with van der Waals surface area (Å²) in [5.74, 6) is 4.01. The van der Waals surface area contributed by atoms with Crippen LogP contribution in [-0.2, 0) is 0 Å². The molecule has 0 aromatic rings. The van der Waals surface area contributed by atoms with Gasteiger partial charge in [-0.3, -0.25) is 4.99 Å². The fraction of sp³-hybridized carbons (Fsp3) is 0.950. The predicted octanol–water partition coefficient (Wildman–Crippen LogP) is 5.52. The van der Waals surface area contributed by atoms with Crippen LogP contribution in [0.1, 0.15) is 86.0 Å². The van der Waals surface area contributed by atoms with Crippen LogP contribution < -0.4 is 0 Å². The Morgan fingerprint density at radius 1 is 0.909 bits per heavy atom. The van der Waals surface area contributed by atoms with Gasteiger partial charge in [0.15, 0.2) is 0 Å². The Labute approximate surface area is 138 Å². The van der Waals surface area contributed by atoms with Gasteiger partial charge in [-0.15, -0.1) is 0 Å². The van der Waals surface area contributed by atoms with E-state index < -0.39 is 0 Å². The van der Waals surface area contributed by atoms with E-state index in [0.29, 0.717) is 12.1 Å². The van der Waals surface area contributed by atoms with Gasteiger partial charge in [0.25, 0.3) is 0 Å². The van der Waals surface area contributed by atoms with Gasteiger partial charge in [-0.2, -0.15) is 0 Å². The van der Waals surface area contributed by atoms with Crippen molar-refractivity contribution in [2.45, 2.75) is 98.1 Å².